The second-order valence-corrected chi connectivity index (χ2v) is 8.03. The van der Waals surface area contributed by atoms with Crippen molar-refractivity contribution in [1.82, 2.24) is 10.2 Å². The molecule has 1 aromatic rings. The van der Waals surface area contributed by atoms with Gasteiger partial charge in [0.2, 0.25) is 0 Å². The van der Waals surface area contributed by atoms with E-state index in [1.165, 1.54) is 18.4 Å². The molecule has 1 amide bonds. The summed E-state index contributed by atoms with van der Waals surface area (Å²) >= 11 is 0. The molecular weight excluding hydrogens is 288 g/mol. The van der Waals surface area contributed by atoms with Gasteiger partial charge in [-0.2, -0.15) is 0 Å². The summed E-state index contributed by atoms with van der Waals surface area (Å²) in [7, 11) is 0. The first-order chi connectivity index (χ1) is 10.9. The molecule has 1 aliphatic heterocycles. The van der Waals surface area contributed by atoms with Crippen molar-refractivity contribution in [2.24, 2.45) is 5.92 Å². The monoisotopic (exact) mass is 316 g/mol. The molecule has 4 nitrogen and oxygen atoms in total. The second-order valence-electron chi connectivity index (χ2n) is 8.03. The van der Waals surface area contributed by atoms with E-state index in [0.29, 0.717) is 5.92 Å². The molecule has 126 valence electrons. The Hall–Kier alpha value is -1.55. The van der Waals surface area contributed by atoms with E-state index in [-0.39, 0.29) is 11.6 Å². The molecule has 3 rings (SSSR count). The smallest absolute Gasteiger partial charge is 0.408 e. The molecule has 1 saturated heterocycles. The van der Waals surface area contributed by atoms with Crippen molar-refractivity contribution < 1.29 is 9.53 Å². The van der Waals surface area contributed by atoms with Crippen LogP contribution in [0.5, 0.6) is 0 Å². The van der Waals surface area contributed by atoms with E-state index < -0.39 is 5.60 Å². The van der Waals surface area contributed by atoms with Crippen LogP contribution in [-0.2, 0) is 11.3 Å². The minimum atomic E-state index is -0.447. The molecule has 23 heavy (non-hydrogen) atoms. The molecular formula is C19H28N2O2. The highest BCUT2D eigenvalue weighted by Gasteiger charge is 2.50. The average molecular weight is 316 g/mol. The highest BCUT2D eigenvalue weighted by molar-refractivity contribution is 5.69. The zero-order valence-corrected chi connectivity index (χ0v) is 14.5. The standard InChI is InChI=1S/C19H28N2O2/c1-18(2,3)23-17(22)20-19-11-7-10-16(19)13-21(14-19)12-15-8-5-4-6-9-15/h4-6,8-9,16H,7,10-14H2,1-3H3,(H,20,22)/t16-,19-/m1/s1. The Bertz CT molecular complexity index is 552. The van der Waals surface area contributed by atoms with Gasteiger partial charge in [-0.05, 0) is 45.1 Å². The van der Waals surface area contributed by atoms with Gasteiger partial charge in [0.15, 0.2) is 0 Å². The van der Waals surface area contributed by atoms with E-state index in [1.807, 2.05) is 26.8 Å². The quantitative estimate of drug-likeness (QED) is 0.927. The van der Waals surface area contributed by atoms with Crippen molar-refractivity contribution in [1.29, 1.82) is 0 Å². The van der Waals surface area contributed by atoms with E-state index in [4.69, 9.17) is 4.74 Å². The molecule has 0 spiro atoms. The Morgan fingerprint density at radius 2 is 2.09 bits per heavy atom. The molecule has 0 unspecified atom stereocenters. The summed E-state index contributed by atoms with van der Waals surface area (Å²) in [5, 5.41) is 3.22. The molecule has 2 atom stereocenters. The molecule has 1 N–H and O–H groups in total. The number of likely N-dealkylation sites (tertiary alicyclic amines) is 1. The topological polar surface area (TPSA) is 41.6 Å². The fourth-order valence-electron chi connectivity index (χ4n) is 4.07. The van der Waals surface area contributed by atoms with Crippen LogP contribution in [0.2, 0.25) is 0 Å². The van der Waals surface area contributed by atoms with Gasteiger partial charge in [0, 0.05) is 19.6 Å². The molecule has 2 fully saturated rings. The van der Waals surface area contributed by atoms with Gasteiger partial charge < -0.3 is 10.1 Å². The fraction of sp³-hybridized carbons (Fsp3) is 0.632. The van der Waals surface area contributed by atoms with Crippen LogP contribution in [0.1, 0.15) is 45.6 Å². The van der Waals surface area contributed by atoms with Crippen LogP contribution in [0.25, 0.3) is 0 Å². The Labute approximate surface area is 139 Å². The molecule has 0 aromatic heterocycles. The zero-order valence-electron chi connectivity index (χ0n) is 14.5. The number of fused-ring (bicyclic) bond motifs is 1. The maximum absolute atomic E-state index is 12.3. The van der Waals surface area contributed by atoms with Crippen molar-refractivity contribution in [3.05, 3.63) is 35.9 Å². The molecule has 0 radical (unpaired) electrons. The maximum atomic E-state index is 12.3. The first-order valence-electron chi connectivity index (χ1n) is 8.64. The zero-order chi connectivity index (χ0) is 16.5. The summed E-state index contributed by atoms with van der Waals surface area (Å²) in [4.78, 5) is 14.7. The first-order valence-corrected chi connectivity index (χ1v) is 8.64. The van der Waals surface area contributed by atoms with Gasteiger partial charge in [-0.15, -0.1) is 0 Å². The molecule has 2 aliphatic rings. The van der Waals surface area contributed by atoms with Crippen LogP contribution in [0.3, 0.4) is 0 Å². The summed E-state index contributed by atoms with van der Waals surface area (Å²) in [6, 6.07) is 10.6. The lowest BCUT2D eigenvalue weighted by molar-refractivity contribution is 0.0444. The average Bonchev–Trinajstić information content (AvgIpc) is 2.93. The van der Waals surface area contributed by atoms with Crippen LogP contribution in [0.4, 0.5) is 4.79 Å². The van der Waals surface area contributed by atoms with Crippen molar-refractivity contribution >= 4 is 6.09 Å². The van der Waals surface area contributed by atoms with E-state index in [0.717, 1.165) is 26.1 Å². The number of rotatable bonds is 3. The van der Waals surface area contributed by atoms with Crippen molar-refractivity contribution in [3.63, 3.8) is 0 Å². The highest BCUT2D eigenvalue weighted by Crippen LogP contribution is 2.42. The van der Waals surface area contributed by atoms with Gasteiger partial charge in [0.05, 0.1) is 5.54 Å². The van der Waals surface area contributed by atoms with E-state index in [1.54, 1.807) is 0 Å². The molecule has 1 saturated carbocycles. The lowest BCUT2D eigenvalue weighted by atomic mass is 9.91. The van der Waals surface area contributed by atoms with Gasteiger partial charge in [-0.3, -0.25) is 4.90 Å². The first kappa shape index (κ1) is 16.3. The normalized spacial score (nSPS) is 27.7. The minimum absolute atomic E-state index is 0.100. The summed E-state index contributed by atoms with van der Waals surface area (Å²) in [5.74, 6) is 0.540. The third kappa shape index (κ3) is 3.86. The Morgan fingerprint density at radius 1 is 1.35 bits per heavy atom. The largest absolute Gasteiger partial charge is 0.444 e. The van der Waals surface area contributed by atoms with Gasteiger partial charge in [0.1, 0.15) is 5.60 Å². The number of hydrogen-bond donors (Lipinski definition) is 1. The van der Waals surface area contributed by atoms with Gasteiger partial charge >= 0.3 is 6.09 Å². The number of benzene rings is 1. The predicted octanol–water partition coefficient (Wildman–Crippen LogP) is 3.57. The van der Waals surface area contributed by atoms with E-state index in [9.17, 15) is 4.79 Å². The molecule has 1 aliphatic carbocycles. The molecule has 4 heteroatoms. The number of alkyl carbamates (subject to hydrolysis) is 1. The lowest BCUT2D eigenvalue weighted by Crippen LogP contribution is -2.53. The van der Waals surface area contributed by atoms with Crippen LogP contribution in [0, 0.1) is 5.92 Å². The summed E-state index contributed by atoms with van der Waals surface area (Å²) < 4.78 is 5.49. The van der Waals surface area contributed by atoms with Crippen LogP contribution < -0.4 is 5.32 Å². The van der Waals surface area contributed by atoms with Crippen LogP contribution in [-0.4, -0.2) is 35.2 Å². The Kier molecular flexibility index (Phi) is 4.37. The van der Waals surface area contributed by atoms with E-state index in [2.05, 4.69) is 34.5 Å². The van der Waals surface area contributed by atoms with Crippen molar-refractivity contribution in [2.75, 3.05) is 13.1 Å². The number of nitrogens with zero attached hydrogens (tertiary/aromatic N) is 1. The highest BCUT2D eigenvalue weighted by atomic mass is 16.6. The molecule has 1 aromatic carbocycles. The molecule has 1 heterocycles. The number of nitrogens with one attached hydrogen (secondary N) is 1. The van der Waals surface area contributed by atoms with E-state index >= 15 is 0 Å². The number of ether oxygens (including phenoxy) is 1. The Balaban J connectivity index is 1.65. The summed E-state index contributed by atoms with van der Waals surface area (Å²) in [6.45, 7) is 8.66. The second kappa shape index (κ2) is 6.16. The van der Waals surface area contributed by atoms with Gasteiger partial charge in [-0.25, -0.2) is 4.79 Å². The van der Waals surface area contributed by atoms with Crippen LogP contribution in [0.15, 0.2) is 30.3 Å². The van der Waals surface area contributed by atoms with Gasteiger partial charge in [0.25, 0.3) is 0 Å². The number of carbonyl (C=O) groups is 1. The van der Waals surface area contributed by atoms with Gasteiger partial charge in [-0.1, -0.05) is 36.8 Å². The maximum Gasteiger partial charge on any atom is 0.408 e. The van der Waals surface area contributed by atoms with Crippen LogP contribution >= 0.6 is 0 Å². The van der Waals surface area contributed by atoms with Crippen molar-refractivity contribution in [3.8, 4) is 0 Å². The Morgan fingerprint density at radius 3 is 2.78 bits per heavy atom. The summed E-state index contributed by atoms with van der Waals surface area (Å²) in [5.41, 5.74) is 0.786. The number of hydrogen-bond acceptors (Lipinski definition) is 3. The third-order valence-electron chi connectivity index (χ3n) is 4.94. The third-order valence-corrected chi connectivity index (χ3v) is 4.94. The SMILES string of the molecule is CC(C)(C)OC(=O)N[C@@]12CCC[C@@H]1CN(Cc1ccccc1)C2. The predicted molar refractivity (Wildman–Crippen MR) is 91.2 cm³/mol. The number of amides is 1. The minimum Gasteiger partial charge on any atom is -0.444 e. The number of carbonyl (C=O) groups excluding carboxylic acids is 1. The summed E-state index contributed by atoms with van der Waals surface area (Å²) in [6.07, 6.45) is 3.18. The van der Waals surface area contributed by atoms with Crippen molar-refractivity contribution in [2.45, 2.75) is 57.7 Å². The lowest BCUT2D eigenvalue weighted by Gasteiger charge is -2.32. The molecule has 0 bridgehead atoms. The fourth-order valence-corrected chi connectivity index (χ4v) is 4.07.